The number of carbonyl (C=O) groups excluding carboxylic acids is 1. The number of nitrogens with one attached hydrogen (secondary N) is 1. The fourth-order valence-electron chi connectivity index (χ4n) is 1.65. The number of amides is 1. The second kappa shape index (κ2) is 6.72. The molecule has 0 bridgehead atoms. The van der Waals surface area contributed by atoms with Gasteiger partial charge >= 0.3 is 0 Å². The highest BCUT2D eigenvalue weighted by molar-refractivity contribution is 8.00. The zero-order valence-corrected chi connectivity index (χ0v) is 11.9. The topological polar surface area (TPSA) is 55.1 Å². The summed E-state index contributed by atoms with van der Waals surface area (Å²) in [6.45, 7) is 6.75. The van der Waals surface area contributed by atoms with Crippen LogP contribution in [0.2, 0.25) is 0 Å². The van der Waals surface area contributed by atoms with Gasteiger partial charge in [0.2, 0.25) is 5.91 Å². The van der Waals surface area contributed by atoms with Crippen LogP contribution < -0.4 is 11.1 Å². The summed E-state index contributed by atoms with van der Waals surface area (Å²) in [5.41, 5.74) is 5.69. The highest BCUT2D eigenvalue weighted by Crippen LogP contribution is 2.36. The maximum atomic E-state index is 11.7. The van der Waals surface area contributed by atoms with Crippen molar-refractivity contribution in [1.82, 2.24) is 5.32 Å². The van der Waals surface area contributed by atoms with Gasteiger partial charge in [-0.3, -0.25) is 4.79 Å². The predicted octanol–water partition coefficient (Wildman–Crippen LogP) is 1.79. The van der Waals surface area contributed by atoms with Gasteiger partial charge in [-0.2, -0.15) is 11.8 Å². The first kappa shape index (κ1) is 16.1. The molecule has 1 fully saturated rings. The monoisotopic (exact) mass is 266 g/mol. The van der Waals surface area contributed by atoms with E-state index in [1.54, 1.807) is 0 Å². The molecule has 3 nitrogen and oxygen atoms in total. The lowest BCUT2D eigenvalue weighted by Crippen LogP contribution is -2.43. The number of rotatable bonds is 4. The third-order valence-corrected chi connectivity index (χ3v) is 4.68. The molecule has 3 unspecified atom stereocenters. The molecule has 0 radical (unpaired) electrons. The Morgan fingerprint density at radius 1 is 1.56 bits per heavy atom. The van der Waals surface area contributed by atoms with Crippen LogP contribution in [0.4, 0.5) is 0 Å². The van der Waals surface area contributed by atoms with Crippen LogP contribution in [0.15, 0.2) is 0 Å². The van der Waals surface area contributed by atoms with Crippen molar-refractivity contribution in [2.75, 3.05) is 12.3 Å². The van der Waals surface area contributed by atoms with Gasteiger partial charge < -0.3 is 11.1 Å². The predicted molar refractivity (Wildman–Crippen MR) is 73.2 cm³/mol. The number of thioether (sulfide) groups is 1. The van der Waals surface area contributed by atoms with Crippen LogP contribution in [0.5, 0.6) is 0 Å². The van der Waals surface area contributed by atoms with Crippen LogP contribution in [0, 0.1) is 5.92 Å². The molecule has 16 heavy (non-hydrogen) atoms. The molecule has 96 valence electrons. The van der Waals surface area contributed by atoms with Crippen LogP contribution in [0.3, 0.4) is 0 Å². The molecule has 0 aromatic carbocycles. The van der Waals surface area contributed by atoms with Gasteiger partial charge in [0.15, 0.2) is 0 Å². The summed E-state index contributed by atoms with van der Waals surface area (Å²) in [6.07, 6.45) is 2.46. The Morgan fingerprint density at radius 3 is 2.62 bits per heavy atom. The normalized spacial score (nSPS) is 28.0. The Bertz CT molecular complexity index is 230. The Kier molecular flexibility index (Phi) is 6.75. The molecule has 3 N–H and O–H groups in total. The van der Waals surface area contributed by atoms with E-state index >= 15 is 0 Å². The van der Waals surface area contributed by atoms with Crippen LogP contribution >= 0.6 is 24.2 Å². The fraction of sp³-hybridized carbons (Fsp3) is 0.909. The van der Waals surface area contributed by atoms with Crippen LogP contribution in [0.1, 0.15) is 33.6 Å². The molecule has 1 amide bonds. The molecule has 1 heterocycles. The third-order valence-electron chi connectivity index (χ3n) is 3.14. The molecule has 1 aliphatic heterocycles. The van der Waals surface area contributed by atoms with Gasteiger partial charge in [0, 0.05) is 23.3 Å². The maximum absolute atomic E-state index is 11.7. The van der Waals surface area contributed by atoms with Gasteiger partial charge in [0.05, 0.1) is 0 Å². The van der Waals surface area contributed by atoms with Gasteiger partial charge in [-0.15, -0.1) is 12.4 Å². The summed E-state index contributed by atoms with van der Waals surface area (Å²) in [6, 6.07) is -0.0750. The lowest BCUT2D eigenvalue weighted by Gasteiger charge is -2.24. The van der Waals surface area contributed by atoms with E-state index in [1.165, 1.54) is 18.6 Å². The maximum Gasteiger partial charge on any atom is 0.224 e. The molecule has 0 aromatic rings. The van der Waals surface area contributed by atoms with E-state index in [1.807, 2.05) is 25.6 Å². The molecule has 0 aromatic heterocycles. The largest absolute Gasteiger partial charge is 0.354 e. The van der Waals surface area contributed by atoms with E-state index in [0.717, 1.165) is 6.54 Å². The molecule has 0 saturated carbocycles. The fourth-order valence-corrected chi connectivity index (χ4v) is 2.89. The molecular formula is C11H23ClN2OS. The van der Waals surface area contributed by atoms with Gasteiger partial charge in [0.1, 0.15) is 0 Å². The minimum atomic E-state index is -0.0972. The number of carbonyl (C=O) groups is 1. The minimum absolute atomic E-state index is 0. The molecule has 3 atom stereocenters. The molecular weight excluding hydrogens is 244 g/mol. The summed E-state index contributed by atoms with van der Waals surface area (Å²) in [5.74, 6) is 1.20. The SMILES string of the molecule is CC(N)C(C)C(=O)NCC1(C)CCCS1.Cl. The molecule has 5 heteroatoms. The highest BCUT2D eigenvalue weighted by atomic mass is 35.5. The number of halogens is 1. The van der Waals surface area contributed by atoms with E-state index in [2.05, 4.69) is 12.2 Å². The summed E-state index contributed by atoms with van der Waals surface area (Å²) in [5, 5.41) is 3.01. The summed E-state index contributed by atoms with van der Waals surface area (Å²) in [4.78, 5) is 11.7. The number of hydrogen-bond acceptors (Lipinski definition) is 3. The molecule has 0 spiro atoms. The van der Waals surface area contributed by atoms with Gasteiger partial charge in [0.25, 0.3) is 0 Å². The Morgan fingerprint density at radius 2 is 2.19 bits per heavy atom. The van der Waals surface area contributed by atoms with Crippen LogP contribution in [-0.2, 0) is 4.79 Å². The van der Waals surface area contributed by atoms with Crippen molar-refractivity contribution >= 4 is 30.1 Å². The van der Waals surface area contributed by atoms with Crippen LogP contribution in [-0.4, -0.2) is 29.0 Å². The average Bonchev–Trinajstić information content (AvgIpc) is 2.61. The first-order chi connectivity index (χ1) is 6.94. The second-order valence-electron chi connectivity index (χ2n) is 4.77. The zero-order chi connectivity index (χ0) is 11.5. The first-order valence-electron chi connectivity index (χ1n) is 5.62. The average molecular weight is 267 g/mol. The molecule has 1 saturated heterocycles. The van der Waals surface area contributed by atoms with E-state index in [-0.39, 0.29) is 35.0 Å². The lowest BCUT2D eigenvalue weighted by molar-refractivity contribution is -0.125. The number of hydrogen-bond donors (Lipinski definition) is 2. The van der Waals surface area contributed by atoms with E-state index in [9.17, 15) is 4.79 Å². The van der Waals surface area contributed by atoms with Crippen molar-refractivity contribution in [3.8, 4) is 0 Å². The number of nitrogens with two attached hydrogens (primary N) is 1. The van der Waals surface area contributed by atoms with Gasteiger partial charge in [-0.05, 0) is 32.4 Å². The van der Waals surface area contributed by atoms with E-state index in [0.29, 0.717) is 0 Å². The van der Waals surface area contributed by atoms with Crippen molar-refractivity contribution < 1.29 is 4.79 Å². The molecule has 1 aliphatic rings. The summed E-state index contributed by atoms with van der Waals surface area (Å²) in [7, 11) is 0. The molecule has 0 aliphatic carbocycles. The quantitative estimate of drug-likeness (QED) is 0.816. The smallest absolute Gasteiger partial charge is 0.224 e. The van der Waals surface area contributed by atoms with E-state index in [4.69, 9.17) is 5.73 Å². The lowest BCUT2D eigenvalue weighted by atomic mass is 10.0. The van der Waals surface area contributed by atoms with Crippen molar-refractivity contribution in [2.45, 2.75) is 44.4 Å². The highest BCUT2D eigenvalue weighted by Gasteiger charge is 2.30. The van der Waals surface area contributed by atoms with Crippen molar-refractivity contribution in [2.24, 2.45) is 11.7 Å². The van der Waals surface area contributed by atoms with Gasteiger partial charge in [-0.1, -0.05) is 6.92 Å². The Labute approximate surface area is 109 Å². The Hall–Kier alpha value is 0.0700. The van der Waals surface area contributed by atoms with Crippen molar-refractivity contribution in [1.29, 1.82) is 0 Å². The molecule has 1 rings (SSSR count). The minimum Gasteiger partial charge on any atom is -0.354 e. The standard InChI is InChI=1S/C11H22N2OS.ClH/c1-8(9(2)12)10(14)13-7-11(3)5-4-6-15-11;/h8-9H,4-7,12H2,1-3H3,(H,13,14);1H. The van der Waals surface area contributed by atoms with Crippen molar-refractivity contribution in [3.05, 3.63) is 0 Å². The summed E-state index contributed by atoms with van der Waals surface area (Å²) < 4.78 is 0.243. The third kappa shape index (κ3) is 4.52. The van der Waals surface area contributed by atoms with Crippen LogP contribution in [0.25, 0.3) is 0 Å². The zero-order valence-electron chi connectivity index (χ0n) is 10.3. The van der Waals surface area contributed by atoms with E-state index < -0.39 is 0 Å². The summed E-state index contributed by atoms with van der Waals surface area (Å²) >= 11 is 1.96. The van der Waals surface area contributed by atoms with Crippen molar-refractivity contribution in [3.63, 3.8) is 0 Å². The van der Waals surface area contributed by atoms with Gasteiger partial charge in [-0.25, -0.2) is 0 Å². The first-order valence-corrected chi connectivity index (χ1v) is 6.60. The second-order valence-corrected chi connectivity index (χ2v) is 6.45. The Balaban J connectivity index is 0.00000225.